The van der Waals surface area contributed by atoms with Gasteiger partial charge in [0, 0.05) is 17.3 Å². The highest BCUT2D eigenvalue weighted by Crippen LogP contribution is 2.36. The summed E-state index contributed by atoms with van der Waals surface area (Å²) in [4.78, 5) is 4.36. The highest BCUT2D eigenvalue weighted by molar-refractivity contribution is 6.20. The van der Waals surface area contributed by atoms with Crippen LogP contribution < -0.4 is 0 Å². The Bertz CT molecular complexity index is 286. The number of nitrogens with zero attached hydrogens (tertiary/aromatic N) is 1. The Morgan fingerprint density at radius 2 is 2.29 bits per heavy atom. The summed E-state index contributed by atoms with van der Waals surface area (Å²) in [5, 5.41) is 0.378. The van der Waals surface area contributed by atoms with Gasteiger partial charge in [0.25, 0.3) is 0 Å². The molecule has 1 aromatic rings. The third-order valence-electron chi connectivity index (χ3n) is 3.32. The fourth-order valence-electron chi connectivity index (χ4n) is 2.27. The summed E-state index contributed by atoms with van der Waals surface area (Å²) in [7, 11) is 0. The highest BCUT2D eigenvalue weighted by atomic mass is 35.5. The smallest absolute Gasteiger partial charge is 0.0406 e. The van der Waals surface area contributed by atoms with E-state index >= 15 is 0 Å². The second-order valence-corrected chi connectivity index (χ2v) is 4.80. The molecule has 3 unspecified atom stereocenters. The van der Waals surface area contributed by atoms with Crippen molar-refractivity contribution in [2.24, 2.45) is 11.8 Å². The van der Waals surface area contributed by atoms with Crippen molar-refractivity contribution in [2.75, 3.05) is 0 Å². The summed E-state index contributed by atoms with van der Waals surface area (Å²) >= 11 is 6.20. The lowest BCUT2D eigenvalue weighted by Crippen LogP contribution is -2.13. The molecule has 0 amide bonds. The van der Waals surface area contributed by atoms with E-state index in [-0.39, 0.29) is 0 Å². The fourth-order valence-corrected chi connectivity index (χ4v) is 2.60. The van der Waals surface area contributed by atoms with Gasteiger partial charge in [-0.3, -0.25) is 4.98 Å². The van der Waals surface area contributed by atoms with Crippen LogP contribution in [0.15, 0.2) is 24.4 Å². The quantitative estimate of drug-likeness (QED) is 0.682. The molecule has 0 N–H and O–H groups in total. The van der Waals surface area contributed by atoms with Crippen LogP contribution in [-0.4, -0.2) is 10.4 Å². The summed E-state index contributed by atoms with van der Waals surface area (Å²) in [5.74, 6) is 1.37. The first-order chi connectivity index (χ1) is 6.77. The van der Waals surface area contributed by atoms with Gasteiger partial charge in [-0.15, -0.1) is 11.6 Å². The number of rotatable bonds is 2. The van der Waals surface area contributed by atoms with Gasteiger partial charge in [-0.05, 0) is 43.2 Å². The molecular formula is C12H16ClN. The Hall–Kier alpha value is -0.560. The van der Waals surface area contributed by atoms with E-state index in [9.17, 15) is 0 Å². The largest absolute Gasteiger partial charge is 0.261 e. The van der Waals surface area contributed by atoms with E-state index in [2.05, 4.69) is 24.0 Å². The number of aromatic nitrogens is 1. The predicted molar refractivity (Wildman–Crippen MR) is 59.5 cm³/mol. The molecule has 0 aromatic carbocycles. The Morgan fingerprint density at radius 1 is 1.43 bits per heavy atom. The molecule has 0 bridgehead atoms. The summed E-state index contributed by atoms with van der Waals surface area (Å²) < 4.78 is 0. The van der Waals surface area contributed by atoms with E-state index in [1.165, 1.54) is 18.5 Å². The number of halogens is 1. The fraction of sp³-hybridized carbons (Fsp3) is 0.583. The van der Waals surface area contributed by atoms with E-state index in [1.54, 1.807) is 0 Å². The lowest BCUT2D eigenvalue weighted by molar-refractivity contribution is 0.416. The Labute approximate surface area is 90.5 Å². The van der Waals surface area contributed by atoms with Crippen molar-refractivity contribution in [2.45, 2.75) is 31.6 Å². The van der Waals surface area contributed by atoms with Gasteiger partial charge < -0.3 is 0 Å². The van der Waals surface area contributed by atoms with Crippen LogP contribution in [0.5, 0.6) is 0 Å². The molecule has 1 aliphatic carbocycles. The van der Waals surface area contributed by atoms with Crippen LogP contribution in [0, 0.1) is 11.8 Å². The maximum Gasteiger partial charge on any atom is 0.0406 e. The van der Waals surface area contributed by atoms with Gasteiger partial charge in [0.2, 0.25) is 0 Å². The van der Waals surface area contributed by atoms with E-state index in [0.29, 0.717) is 11.3 Å². The van der Waals surface area contributed by atoms with Crippen molar-refractivity contribution in [3.8, 4) is 0 Å². The van der Waals surface area contributed by atoms with Gasteiger partial charge in [0.05, 0.1) is 0 Å². The second-order valence-electron chi connectivity index (χ2n) is 4.24. The van der Waals surface area contributed by atoms with Crippen molar-refractivity contribution in [3.05, 3.63) is 30.1 Å². The maximum atomic E-state index is 6.20. The third kappa shape index (κ3) is 2.09. The van der Waals surface area contributed by atoms with Crippen LogP contribution in [0.25, 0.3) is 0 Å². The number of hydrogen-bond acceptors (Lipinski definition) is 1. The molecule has 1 aromatic heterocycles. The predicted octanol–water partition coefficient (Wildman–Crippen LogP) is 3.28. The van der Waals surface area contributed by atoms with Crippen molar-refractivity contribution >= 4 is 11.6 Å². The van der Waals surface area contributed by atoms with E-state index < -0.39 is 0 Å². The SMILES string of the molecule is CC1C(Cl)CCC1Cc1ccccn1. The summed E-state index contributed by atoms with van der Waals surface area (Å²) in [5.41, 5.74) is 1.20. The minimum atomic E-state index is 0.378. The molecule has 2 rings (SSSR count). The normalized spacial score (nSPS) is 32.0. The lowest BCUT2D eigenvalue weighted by Gasteiger charge is -2.16. The molecule has 3 atom stereocenters. The standard InChI is InChI=1S/C12H16ClN/c1-9-10(5-6-12(9)13)8-11-4-2-3-7-14-11/h2-4,7,9-10,12H,5-6,8H2,1H3. The average molecular weight is 210 g/mol. The van der Waals surface area contributed by atoms with Crippen LogP contribution in [0.1, 0.15) is 25.5 Å². The first-order valence-electron chi connectivity index (χ1n) is 5.31. The Balaban J connectivity index is 1.99. The van der Waals surface area contributed by atoms with Crippen LogP contribution in [0.4, 0.5) is 0 Å². The molecule has 0 saturated heterocycles. The molecule has 1 aliphatic rings. The van der Waals surface area contributed by atoms with Gasteiger partial charge >= 0.3 is 0 Å². The first kappa shape index (κ1) is 9.97. The molecule has 1 saturated carbocycles. The van der Waals surface area contributed by atoms with Crippen LogP contribution >= 0.6 is 11.6 Å². The monoisotopic (exact) mass is 209 g/mol. The van der Waals surface area contributed by atoms with Crippen molar-refractivity contribution in [1.29, 1.82) is 0 Å². The first-order valence-corrected chi connectivity index (χ1v) is 5.75. The maximum absolute atomic E-state index is 6.20. The second kappa shape index (κ2) is 4.31. The van der Waals surface area contributed by atoms with Crippen molar-refractivity contribution in [1.82, 2.24) is 4.98 Å². The molecule has 1 fully saturated rings. The lowest BCUT2D eigenvalue weighted by atomic mass is 9.93. The molecular weight excluding hydrogens is 194 g/mol. The molecule has 1 nitrogen and oxygen atoms in total. The number of alkyl halides is 1. The van der Waals surface area contributed by atoms with Crippen LogP contribution in [0.2, 0.25) is 0 Å². The molecule has 14 heavy (non-hydrogen) atoms. The van der Waals surface area contributed by atoms with Gasteiger partial charge in [-0.25, -0.2) is 0 Å². The summed E-state index contributed by atoms with van der Waals surface area (Å²) in [6, 6.07) is 6.13. The third-order valence-corrected chi connectivity index (χ3v) is 3.94. The van der Waals surface area contributed by atoms with Gasteiger partial charge in [-0.1, -0.05) is 13.0 Å². The average Bonchev–Trinajstić information content (AvgIpc) is 2.52. The zero-order chi connectivity index (χ0) is 9.97. The van der Waals surface area contributed by atoms with Gasteiger partial charge in [-0.2, -0.15) is 0 Å². The highest BCUT2D eigenvalue weighted by Gasteiger charge is 2.31. The van der Waals surface area contributed by atoms with Crippen molar-refractivity contribution in [3.63, 3.8) is 0 Å². The van der Waals surface area contributed by atoms with Crippen LogP contribution in [-0.2, 0) is 6.42 Å². The zero-order valence-corrected chi connectivity index (χ0v) is 9.24. The molecule has 2 heteroatoms. The molecule has 76 valence electrons. The molecule has 0 spiro atoms. The molecule has 0 aliphatic heterocycles. The Kier molecular flexibility index (Phi) is 3.07. The van der Waals surface area contributed by atoms with E-state index in [1.807, 2.05) is 12.3 Å². The van der Waals surface area contributed by atoms with E-state index in [0.717, 1.165) is 12.3 Å². The minimum Gasteiger partial charge on any atom is -0.261 e. The zero-order valence-electron chi connectivity index (χ0n) is 8.49. The van der Waals surface area contributed by atoms with Gasteiger partial charge in [0.1, 0.15) is 0 Å². The topological polar surface area (TPSA) is 12.9 Å². The van der Waals surface area contributed by atoms with Gasteiger partial charge in [0.15, 0.2) is 0 Å². The number of hydrogen-bond donors (Lipinski definition) is 0. The van der Waals surface area contributed by atoms with Crippen molar-refractivity contribution < 1.29 is 0 Å². The van der Waals surface area contributed by atoms with Crippen LogP contribution in [0.3, 0.4) is 0 Å². The Morgan fingerprint density at radius 3 is 2.86 bits per heavy atom. The summed E-state index contributed by atoms with van der Waals surface area (Å²) in [6.07, 6.45) is 5.38. The number of pyridine rings is 1. The molecule has 1 heterocycles. The van der Waals surface area contributed by atoms with E-state index in [4.69, 9.17) is 11.6 Å². The molecule has 0 radical (unpaired) electrons. The minimum absolute atomic E-state index is 0.378. The summed E-state index contributed by atoms with van der Waals surface area (Å²) in [6.45, 7) is 2.26.